The number of nitrogens with one attached hydrogen (secondary N) is 2. The molecule has 0 fully saturated rings. The van der Waals surface area contributed by atoms with Gasteiger partial charge in [0.25, 0.3) is 11.8 Å². The molecule has 0 spiro atoms. The third kappa shape index (κ3) is 4.54. The first-order valence-electron chi connectivity index (χ1n) is 6.70. The van der Waals surface area contributed by atoms with Crippen molar-refractivity contribution in [1.82, 2.24) is 10.6 Å². The molecule has 0 radical (unpaired) electrons. The van der Waals surface area contributed by atoms with Crippen LogP contribution in [-0.2, 0) is 4.79 Å². The van der Waals surface area contributed by atoms with Gasteiger partial charge in [0.1, 0.15) is 5.70 Å². The average molecular weight is 316 g/mol. The standard InChI is InChI=1S/C16H16N2O3S/c19-8-7-17-16(21)14(10-12-6-9-22-11-12)18-15(20)13-4-2-1-3-5-13/h1-6,9-11,19H,7-8H2,(H,17,21)(H,18,20)/b14-10+. The van der Waals surface area contributed by atoms with E-state index >= 15 is 0 Å². The van der Waals surface area contributed by atoms with Gasteiger partial charge in [-0.25, -0.2) is 0 Å². The number of hydrogen-bond donors (Lipinski definition) is 3. The predicted molar refractivity (Wildman–Crippen MR) is 86.3 cm³/mol. The summed E-state index contributed by atoms with van der Waals surface area (Å²) in [6.07, 6.45) is 1.60. The van der Waals surface area contributed by atoms with Gasteiger partial charge in [0.2, 0.25) is 0 Å². The summed E-state index contributed by atoms with van der Waals surface area (Å²) in [5.41, 5.74) is 1.43. The molecule has 0 unspecified atom stereocenters. The third-order valence-corrected chi connectivity index (χ3v) is 3.48. The zero-order chi connectivity index (χ0) is 15.8. The topological polar surface area (TPSA) is 78.4 Å². The Labute approximate surface area is 132 Å². The van der Waals surface area contributed by atoms with Crippen molar-refractivity contribution in [2.24, 2.45) is 0 Å². The Morgan fingerprint density at radius 2 is 1.95 bits per heavy atom. The lowest BCUT2D eigenvalue weighted by Gasteiger charge is -2.10. The largest absolute Gasteiger partial charge is 0.395 e. The molecule has 22 heavy (non-hydrogen) atoms. The van der Waals surface area contributed by atoms with Crippen LogP contribution < -0.4 is 10.6 Å². The molecule has 3 N–H and O–H groups in total. The molecule has 114 valence electrons. The quantitative estimate of drug-likeness (QED) is 0.709. The van der Waals surface area contributed by atoms with Crippen LogP contribution in [0.3, 0.4) is 0 Å². The van der Waals surface area contributed by atoms with Crippen LogP contribution in [0.1, 0.15) is 15.9 Å². The Morgan fingerprint density at radius 1 is 1.18 bits per heavy atom. The fourth-order valence-electron chi connectivity index (χ4n) is 1.73. The van der Waals surface area contributed by atoms with Gasteiger partial charge in [0.15, 0.2) is 0 Å². The Kier molecular flexibility index (Phi) is 5.88. The number of carbonyl (C=O) groups excluding carboxylic acids is 2. The third-order valence-electron chi connectivity index (χ3n) is 2.78. The molecular weight excluding hydrogens is 300 g/mol. The summed E-state index contributed by atoms with van der Waals surface area (Å²) >= 11 is 1.50. The van der Waals surface area contributed by atoms with Gasteiger partial charge < -0.3 is 15.7 Å². The molecule has 0 aliphatic carbocycles. The molecule has 0 aliphatic heterocycles. The Morgan fingerprint density at radius 3 is 2.59 bits per heavy atom. The van der Waals surface area contributed by atoms with Crippen LogP contribution in [0.2, 0.25) is 0 Å². The highest BCUT2D eigenvalue weighted by Gasteiger charge is 2.14. The number of benzene rings is 1. The molecule has 0 bridgehead atoms. The molecule has 6 heteroatoms. The monoisotopic (exact) mass is 316 g/mol. The molecule has 2 amide bonds. The lowest BCUT2D eigenvalue weighted by Crippen LogP contribution is -2.36. The summed E-state index contributed by atoms with van der Waals surface area (Å²) in [5.74, 6) is -0.800. The maximum Gasteiger partial charge on any atom is 0.267 e. The lowest BCUT2D eigenvalue weighted by atomic mass is 10.2. The van der Waals surface area contributed by atoms with Crippen LogP contribution in [0.4, 0.5) is 0 Å². The van der Waals surface area contributed by atoms with Crippen molar-refractivity contribution in [2.45, 2.75) is 0 Å². The first-order valence-corrected chi connectivity index (χ1v) is 7.64. The van der Waals surface area contributed by atoms with Gasteiger partial charge in [-0.2, -0.15) is 11.3 Å². The number of carbonyl (C=O) groups is 2. The highest BCUT2D eigenvalue weighted by Crippen LogP contribution is 2.11. The molecule has 5 nitrogen and oxygen atoms in total. The van der Waals surface area contributed by atoms with E-state index in [4.69, 9.17) is 5.11 Å². The zero-order valence-corrected chi connectivity index (χ0v) is 12.6. The summed E-state index contributed by atoms with van der Waals surface area (Å²) in [6.45, 7) is -0.0366. The van der Waals surface area contributed by atoms with Gasteiger partial charge in [0, 0.05) is 12.1 Å². The molecule has 0 atom stereocenters. The summed E-state index contributed by atoms with van der Waals surface area (Å²) in [4.78, 5) is 24.3. The molecule has 2 aromatic rings. The summed E-state index contributed by atoms with van der Waals surface area (Å²) in [6, 6.07) is 10.5. The van der Waals surface area contributed by atoms with Crippen LogP contribution in [0, 0.1) is 0 Å². The molecule has 0 saturated carbocycles. The van der Waals surface area contributed by atoms with Crippen LogP contribution in [0.25, 0.3) is 6.08 Å². The zero-order valence-electron chi connectivity index (χ0n) is 11.8. The molecule has 1 aromatic heterocycles. The van der Waals surface area contributed by atoms with Crippen LogP contribution in [-0.4, -0.2) is 30.1 Å². The van der Waals surface area contributed by atoms with Crippen molar-refractivity contribution in [3.63, 3.8) is 0 Å². The van der Waals surface area contributed by atoms with Crippen molar-refractivity contribution >= 4 is 29.2 Å². The van der Waals surface area contributed by atoms with Gasteiger partial charge in [-0.3, -0.25) is 9.59 Å². The normalized spacial score (nSPS) is 11.0. The SMILES string of the molecule is O=C(NCCO)/C(=C\c1ccsc1)NC(=O)c1ccccc1. The van der Waals surface area contributed by atoms with Gasteiger partial charge in [-0.15, -0.1) is 0 Å². The van der Waals surface area contributed by atoms with Crippen molar-refractivity contribution in [1.29, 1.82) is 0 Å². The highest BCUT2D eigenvalue weighted by molar-refractivity contribution is 7.08. The maximum absolute atomic E-state index is 12.2. The summed E-state index contributed by atoms with van der Waals surface area (Å²) < 4.78 is 0. The average Bonchev–Trinajstić information content (AvgIpc) is 3.05. The van der Waals surface area contributed by atoms with Gasteiger partial charge in [0.05, 0.1) is 6.61 Å². The minimum atomic E-state index is -0.440. The molecule has 1 heterocycles. The molecule has 0 saturated heterocycles. The fraction of sp³-hybridized carbons (Fsp3) is 0.125. The number of amides is 2. The van der Waals surface area contributed by atoms with Gasteiger partial charge in [-0.1, -0.05) is 18.2 Å². The van der Waals surface area contributed by atoms with Crippen molar-refractivity contribution in [3.05, 3.63) is 64.0 Å². The number of thiophene rings is 1. The maximum atomic E-state index is 12.2. The van der Waals surface area contributed by atoms with Crippen molar-refractivity contribution < 1.29 is 14.7 Å². The van der Waals surface area contributed by atoms with E-state index in [0.717, 1.165) is 5.56 Å². The highest BCUT2D eigenvalue weighted by atomic mass is 32.1. The minimum Gasteiger partial charge on any atom is -0.395 e. The number of rotatable bonds is 6. The number of hydrogen-bond acceptors (Lipinski definition) is 4. The minimum absolute atomic E-state index is 0.126. The van der Waals surface area contributed by atoms with Gasteiger partial charge >= 0.3 is 0 Å². The Bertz CT molecular complexity index is 651. The van der Waals surface area contributed by atoms with E-state index < -0.39 is 5.91 Å². The van der Waals surface area contributed by atoms with E-state index in [1.54, 1.807) is 30.3 Å². The fourth-order valence-corrected chi connectivity index (χ4v) is 2.35. The first kappa shape index (κ1) is 15.9. The van der Waals surface area contributed by atoms with E-state index in [2.05, 4.69) is 10.6 Å². The van der Waals surface area contributed by atoms with Crippen LogP contribution in [0.15, 0.2) is 52.9 Å². The predicted octanol–water partition coefficient (Wildman–Crippen LogP) is 1.63. The van der Waals surface area contributed by atoms with E-state index in [1.807, 2.05) is 22.9 Å². The molecule has 2 rings (SSSR count). The summed E-state index contributed by atoms with van der Waals surface area (Å²) in [5, 5.41) is 17.7. The summed E-state index contributed by atoms with van der Waals surface area (Å²) in [7, 11) is 0. The second-order valence-corrected chi connectivity index (χ2v) is 5.19. The molecule has 1 aromatic carbocycles. The number of aliphatic hydroxyl groups is 1. The van der Waals surface area contributed by atoms with Gasteiger partial charge in [-0.05, 0) is 40.6 Å². The van der Waals surface area contributed by atoms with Crippen molar-refractivity contribution in [2.75, 3.05) is 13.2 Å². The van der Waals surface area contributed by atoms with E-state index in [1.165, 1.54) is 11.3 Å². The lowest BCUT2D eigenvalue weighted by molar-refractivity contribution is -0.117. The number of aliphatic hydroxyl groups excluding tert-OH is 1. The van der Waals surface area contributed by atoms with Crippen molar-refractivity contribution in [3.8, 4) is 0 Å². The van der Waals surface area contributed by atoms with E-state index in [9.17, 15) is 9.59 Å². The van der Waals surface area contributed by atoms with E-state index in [-0.39, 0.29) is 24.8 Å². The van der Waals surface area contributed by atoms with E-state index in [0.29, 0.717) is 5.56 Å². The second kappa shape index (κ2) is 8.11. The van der Waals surface area contributed by atoms with Crippen LogP contribution in [0.5, 0.6) is 0 Å². The van der Waals surface area contributed by atoms with Crippen LogP contribution >= 0.6 is 11.3 Å². The Hall–Kier alpha value is -2.44. The Balaban J connectivity index is 2.17. The molecular formula is C16H16N2O3S. The molecule has 0 aliphatic rings. The second-order valence-electron chi connectivity index (χ2n) is 4.41. The first-order chi connectivity index (χ1) is 10.7. The smallest absolute Gasteiger partial charge is 0.267 e.